The predicted molar refractivity (Wildman–Crippen MR) is 58.6 cm³/mol. The van der Waals surface area contributed by atoms with E-state index in [0.717, 1.165) is 19.4 Å². The third kappa shape index (κ3) is 4.99. The largest absolute Gasteiger partial charge is 0.381 e. The lowest BCUT2D eigenvalue weighted by Crippen LogP contribution is -2.41. The molecular formula is C10H21N3O2. The second-order valence-electron chi connectivity index (χ2n) is 3.97. The Labute approximate surface area is 90.7 Å². The number of carbonyl (C=O) groups excluding carboxylic acids is 1. The first-order valence-corrected chi connectivity index (χ1v) is 5.52. The Morgan fingerprint density at radius 2 is 2.27 bits per heavy atom. The highest BCUT2D eigenvalue weighted by Gasteiger charge is 2.20. The number of nitrogens with two attached hydrogens (primary N) is 1. The predicted octanol–water partition coefficient (Wildman–Crippen LogP) is 0.202. The highest BCUT2D eigenvalue weighted by atomic mass is 16.5. The van der Waals surface area contributed by atoms with Crippen LogP contribution in [0.4, 0.5) is 4.79 Å². The maximum Gasteiger partial charge on any atom is 0.312 e. The monoisotopic (exact) mass is 215 g/mol. The molecule has 1 fully saturated rings. The Morgan fingerprint density at radius 1 is 1.47 bits per heavy atom. The van der Waals surface area contributed by atoms with Gasteiger partial charge in [-0.3, -0.25) is 0 Å². The number of methoxy groups -OCH3 is 1. The zero-order valence-electron chi connectivity index (χ0n) is 9.29. The molecule has 4 N–H and O–H groups in total. The number of carbonyl (C=O) groups is 1. The number of amides is 2. The van der Waals surface area contributed by atoms with E-state index >= 15 is 0 Å². The second-order valence-corrected chi connectivity index (χ2v) is 3.97. The lowest BCUT2D eigenvalue weighted by atomic mass is 9.93. The van der Waals surface area contributed by atoms with Gasteiger partial charge < -0.3 is 21.1 Å². The summed E-state index contributed by atoms with van der Waals surface area (Å²) in [5, 5.41) is 5.95. The number of hydrogen-bond acceptors (Lipinski definition) is 3. The van der Waals surface area contributed by atoms with Gasteiger partial charge in [0.2, 0.25) is 0 Å². The van der Waals surface area contributed by atoms with E-state index < -0.39 is 6.03 Å². The van der Waals surface area contributed by atoms with Crippen molar-refractivity contribution >= 4 is 6.03 Å². The molecule has 1 rings (SSSR count). The molecule has 2 atom stereocenters. The molecule has 0 saturated heterocycles. The van der Waals surface area contributed by atoms with Crippen LogP contribution < -0.4 is 16.4 Å². The first-order valence-electron chi connectivity index (χ1n) is 5.52. The third-order valence-electron chi connectivity index (χ3n) is 2.82. The van der Waals surface area contributed by atoms with Crippen molar-refractivity contribution in [1.82, 2.24) is 10.6 Å². The van der Waals surface area contributed by atoms with E-state index in [9.17, 15) is 4.79 Å². The molecule has 2 unspecified atom stereocenters. The Bertz CT molecular complexity index is 199. The Hall–Kier alpha value is -0.810. The van der Waals surface area contributed by atoms with Gasteiger partial charge in [-0.2, -0.15) is 0 Å². The van der Waals surface area contributed by atoms with Crippen molar-refractivity contribution in [1.29, 1.82) is 0 Å². The minimum atomic E-state index is -0.463. The lowest BCUT2D eigenvalue weighted by molar-refractivity contribution is 0.0590. The zero-order valence-corrected chi connectivity index (χ0v) is 9.29. The van der Waals surface area contributed by atoms with Crippen molar-refractivity contribution in [2.45, 2.75) is 37.8 Å². The van der Waals surface area contributed by atoms with Crippen LogP contribution in [-0.2, 0) is 4.74 Å². The number of ether oxygens (including phenoxy) is 1. The molecule has 88 valence electrons. The first-order chi connectivity index (χ1) is 7.22. The van der Waals surface area contributed by atoms with Crippen molar-refractivity contribution in [3.63, 3.8) is 0 Å². The fourth-order valence-electron chi connectivity index (χ4n) is 2.01. The maximum absolute atomic E-state index is 10.4. The van der Waals surface area contributed by atoms with E-state index in [1.54, 1.807) is 7.11 Å². The molecule has 2 amide bonds. The third-order valence-corrected chi connectivity index (χ3v) is 2.82. The van der Waals surface area contributed by atoms with Gasteiger partial charge in [-0.25, -0.2) is 4.79 Å². The van der Waals surface area contributed by atoms with Gasteiger partial charge in [0, 0.05) is 26.2 Å². The van der Waals surface area contributed by atoms with E-state index in [4.69, 9.17) is 10.5 Å². The van der Waals surface area contributed by atoms with Gasteiger partial charge in [-0.05, 0) is 25.7 Å². The summed E-state index contributed by atoms with van der Waals surface area (Å²) in [5.41, 5.74) is 4.96. The van der Waals surface area contributed by atoms with Gasteiger partial charge in [-0.1, -0.05) is 0 Å². The van der Waals surface area contributed by atoms with Crippen molar-refractivity contribution in [3.8, 4) is 0 Å². The van der Waals surface area contributed by atoms with E-state index in [-0.39, 0.29) is 0 Å². The average Bonchev–Trinajstić information content (AvgIpc) is 2.24. The zero-order chi connectivity index (χ0) is 11.1. The minimum absolute atomic E-state index is 0.389. The number of rotatable bonds is 5. The maximum atomic E-state index is 10.4. The molecule has 5 heteroatoms. The van der Waals surface area contributed by atoms with E-state index in [1.807, 2.05) is 0 Å². The van der Waals surface area contributed by atoms with Crippen LogP contribution in [0, 0.1) is 0 Å². The van der Waals surface area contributed by atoms with E-state index in [0.29, 0.717) is 18.7 Å². The van der Waals surface area contributed by atoms with Gasteiger partial charge >= 0.3 is 6.03 Å². The Balaban J connectivity index is 2.07. The van der Waals surface area contributed by atoms with Crippen molar-refractivity contribution in [2.75, 3.05) is 20.2 Å². The van der Waals surface area contributed by atoms with Crippen molar-refractivity contribution in [2.24, 2.45) is 5.73 Å². The van der Waals surface area contributed by atoms with Crippen LogP contribution in [0.25, 0.3) is 0 Å². The molecule has 0 bridgehead atoms. The summed E-state index contributed by atoms with van der Waals surface area (Å²) in [6.45, 7) is 1.35. The molecule has 1 aliphatic rings. The number of nitrogens with one attached hydrogen (secondary N) is 2. The minimum Gasteiger partial charge on any atom is -0.381 e. The normalized spacial score (nSPS) is 26.2. The van der Waals surface area contributed by atoms with Crippen molar-refractivity contribution < 1.29 is 9.53 Å². The van der Waals surface area contributed by atoms with Gasteiger partial charge in [0.25, 0.3) is 0 Å². The SMILES string of the molecule is COC1CCCC(NCCNC(N)=O)C1. The molecule has 0 radical (unpaired) electrons. The van der Waals surface area contributed by atoms with E-state index in [1.165, 1.54) is 12.8 Å². The molecule has 1 aliphatic carbocycles. The summed E-state index contributed by atoms with van der Waals surface area (Å²) in [6.07, 6.45) is 5.01. The van der Waals surface area contributed by atoms with Crippen LogP contribution in [0.3, 0.4) is 0 Å². The summed E-state index contributed by atoms with van der Waals surface area (Å²) in [5.74, 6) is 0. The molecule has 0 spiro atoms. The fraction of sp³-hybridized carbons (Fsp3) is 0.900. The Kier molecular flexibility index (Phi) is 5.42. The molecular weight excluding hydrogens is 194 g/mol. The summed E-state index contributed by atoms with van der Waals surface area (Å²) >= 11 is 0. The highest BCUT2D eigenvalue weighted by molar-refractivity contribution is 5.71. The van der Waals surface area contributed by atoms with Gasteiger partial charge in [0.1, 0.15) is 0 Å². The molecule has 15 heavy (non-hydrogen) atoms. The van der Waals surface area contributed by atoms with E-state index in [2.05, 4.69) is 10.6 Å². The molecule has 0 aliphatic heterocycles. The van der Waals surface area contributed by atoms with Crippen LogP contribution in [0.15, 0.2) is 0 Å². The topological polar surface area (TPSA) is 76.4 Å². The first kappa shape index (κ1) is 12.3. The average molecular weight is 215 g/mol. The molecule has 0 aromatic carbocycles. The smallest absolute Gasteiger partial charge is 0.312 e. The van der Waals surface area contributed by atoms with Gasteiger partial charge in [-0.15, -0.1) is 0 Å². The van der Waals surface area contributed by atoms with Crippen LogP contribution >= 0.6 is 0 Å². The molecule has 0 heterocycles. The quantitative estimate of drug-likeness (QED) is 0.573. The summed E-state index contributed by atoms with van der Waals surface area (Å²) in [4.78, 5) is 10.4. The molecule has 1 saturated carbocycles. The van der Waals surface area contributed by atoms with Crippen LogP contribution in [0.1, 0.15) is 25.7 Å². The summed E-state index contributed by atoms with van der Waals surface area (Å²) < 4.78 is 5.34. The lowest BCUT2D eigenvalue weighted by Gasteiger charge is -2.28. The Morgan fingerprint density at radius 3 is 2.93 bits per heavy atom. The van der Waals surface area contributed by atoms with Crippen LogP contribution in [0.5, 0.6) is 0 Å². The van der Waals surface area contributed by atoms with Crippen LogP contribution in [0.2, 0.25) is 0 Å². The molecule has 0 aromatic rings. The number of primary amides is 1. The summed E-state index contributed by atoms with van der Waals surface area (Å²) in [6, 6.07) is 0.0496. The molecule has 5 nitrogen and oxygen atoms in total. The molecule has 0 aromatic heterocycles. The fourth-order valence-corrected chi connectivity index (χ4v) is 2.01. The van der Waals surface area contributed by atoms with Crippen molar-refractivity contribution in [3.05, 3.63) is 0 Å². The number of hydrogen-bond donors (Lipinski definition) is 3. The van der Waals surface area contributed by atoms with Gasteiger partial charge in [0.05, 0.1) is 6.10 Å². The standard InChI is InChI=1S/C10H21N3O2/c1-15-9-4-2-3-8(7-9)12-5-6-13-10(11)14/h8-9,12H,2-7H2,1H3,(H3,11,13,14). The van der Waals surface area contributed by atoms with Gasteiger partial charge in [0.15, 0.2) is 0 Å². The second kappa shape index (κ2) is 6.63. The summed E-state index contributed by atoms with van der Waals surface area (Å²) in [7, 11) is 1.77. The highest BCUT2D eigenvalue weighted by Crippen LogP contribution is 2.20. The van der Waals surface area contributed by atoms with Crippen LogP contribution in [-0.4, -0.2) is 38.4 Å². The number of urea groups is 1.